The van der Waals surface area contributed by atoms with Gasteiger partial charge in [-0.15, -0.1) is 11.3 Å². The number of anilines is 6. The van der Waals surface area contributed by atoms with Crippen LogP contribution in [0.4, 0.5) is 34.1 Å². The maximum atomic E-state index is 6.91. The van der Waals surface area contributed by atoms with Gasteiger partial charge in [0.25, 0.3) is 6.71 Å². The van der Waals surface area contributed by atoms with Gasteiger partial charge in [0.1, 0.15) is 11.2 Å². The van der Waals surface area contributed by atoms with Crippen LogP contribution in [0.5, 0.6) is 0 Å². The lowest BCUT2D eigenvalue weighted by molar-refractivity contribution is 0.332. The number of rotatable bonds is 2. The van der Waals surface area contributed by atoms with Crippen molar-refractivity contribution in [2.45, 2.75) is 137 Å². The molecule has 0 saturated carbocycles. The van der Waals surface area contributed by atoms with Gasteiger partial charge in [0.05, 0.1) is 16.8 Å². The van der Waals surface area contributed by atoms with Crippen LogP contribution in [0.1, 0.15) is 136 Å². The predicted octanol–water partition coefficient (Wildman–Crippen LogP) is 15.4. The lowest BCUT2D eigenvalue weighted by atomic mass is 9.36. The van der Waals surface area contributed by atoms with Gasteiger partial charge in [-0.25, -0.2) is 0 Å². The molecule has 6 aromatic carbocycles. The molecule has 0 saturated heterocycles. The summed E-state index contributed by atoms with van der Waals surface area (Å²) in [6, 6.07) is 40.4. The van der Waals surface area contributed by atoms with E-state index >= 15 is 0 Å². The Morgan fingerprint density at radius 3 is 1.86 bits per heavy atom. The largest absolute Gasteiger partial charge is 0.456 e. The van der Waals surface area contributed by atoms with Crippen LogP contribution in [0.2, 0.25) is 0 Å². The second kappa shape index (κ2) is 13.4. The fourth-order valence-electron chi connectivity index (χ4n) is 11.4. The molecule has 2 aromatic heterocycles. The molecular formula is C59H63BN2OS. The van der Waals surface area contributed by atoms with Crippen molar-refractivity contribution in [3.05, 3.63) is 137 Å². The topological polar surface area (TPSA) is 19.6 Å². The van der Waals surface area contributed by atoms with Crippen molar-refractivity contribution in [3.63, 3.8) is 0 Å². The van der Waals surface area contributed by atoms with Crippen molar-refractivity contribution in [1.29, 1.82) is 0 Å². The van der Waals surface area contributed by atoms with Crippen molar-refractivity contribution >= 4 is 99.9 Å². The van der Waals surface area contributed by atoms with E-state index in [9.17, 15) is 0 Å². The number of hydrogen-bond donors (Lipinski definition) is 0. The Balaban J connectivity index is 1.28. The molecule has 3 nitrogen and oxygen atoms in total. The predicted molar refractivity (Wildman–Crippen MR) is 279 cm³/mol. The van der Waals surface area contributed by atoms with Crippen LogP contribution in [-0.4, -0.2) is 6.71 Å². The van der Waals surface area contributed by atoms with Crippen LogP contribution in [0.3, 0.4) is 0 Å². The summed E-state index contributed by atoms with van der Waals surface area (Å²) in [4.78, 5) is 5.25. The van der Waals surface area contributed by atoms with Gasteiger partial charge in [-0.2, -0.15) is 0 Å². The minimum absolute atomic E-state index is 0.0344. The molecule has 8 aromatic rings. The lowest BCUT2D eigenvalue weighted by Gasteiger charge is -2.44. The van der Waals surface area contributed by atoms with E-state index in [0.717, 1.165) is 22.2 Å². The fourth-order valence-corrected chi connectivity index (χ4v) is 12.7. The molecule has 0 unspecified atom stereocenters. The van der Waals surface area contributed by atoms with E-state index in [1.165, 1.54) is 106 Å². The molecule has 4 heterocycles. The van der Waals surface area contributed by atoms with Gasteiger partial charge in [0.15, 0.2) is 0 Å². The van der Waals surface area contributed by atoms with Crippen LogP contribution in [0.15, 0.2) is 108 Å². The Bertz CT molecular complexity index is 3250. The van der Waals surface area contributed by atoms with E-state index in [1.807, 2.05) is 11.3 Å². The number of hydrogen-bond acceptors (Lipinski definition) is 4. The zero-order valence-electron chi connectivity index (χ0n) is 40.5. The van der Waals surface area contributed by atoms with Crippen molar-refractivity contribution in [1.82, 2.24) is 0 Å². The van der Waals surface area contributed by atoms with Crippen molar-refractivity contribution in [2.75, 3.05) is 9.80 Å². The molecule has 0 amide bonds. The minimum Gasteiger partial charge on any atom is -0.456 e. The molecule has 64 heavy (non-hydrogen) atoms. The van der Waals surface area contributed by atoms with Gasteiger partial charge in [-0.3, -0.25) is 0 Å². The Hall–Kier alpha value is -5.26. The Kier molecular flexibility index (Phi) is 8.69. The monoisotopic (exact) mass is 858 g/mol. The molecule has 0 spiro atoms. The van der Waals surface area contributed by atoms with Gasteiger partial charge in [0.2, 0.25) is 0 Å². The van der Waals surface area contributed by atoms with Crippen molar-refractivity contribution < 1.29 is 4.42 Å². The molecule has 3 aliphatic rings. The first-order chi connectivity index (χ1) is 30.0. The zero-order chi connectivity index (χ0) is 45.2. The smallest absolute Gasteiger partial charge is 0.264 e. The molecular weight excluding hydrogens is 796 g/mol. The van der Waals surface area contributed by atoms with Crippen LogP contribution in [0, 0.1) is 6.92 Å². The number of benzene rings is 6. The second-order valence-electron chi connectivity index (χ2n) is 23.8. The highest BCUT2D eigenvalue weighted by atomic mass is 32.1. The highest BCUT2D eigenvalue weighted by molar-refractivity contribution is 7.33. The number of aryl methyl sites for hydroxylation is 1. The summed E-state index contributed by atoms with van der Waals surface area (Å²) < 4.78 is 9.73. The van der Waals surface area contributed by atoms with Gasteiger partial charge >= 0.3 is 0 Å². The molecule has 0 radical (unpaired) electrons. The molecule has 5 heteroatoms. The van der Waals surface area contributed by atoms with Gasteiger partial charge in [0, 0.05) is 48.6 Å². The summed E-state index contributed by atoms with van der Waals surface area (Å²) in [5.41, 5.74) is 20.4. The molecule has 0 N–H and O–H groups in total. The molecule has 11 rings (SSSR count). The number of furan rings is 1. The molecule has 0 bridgehead atoms. The third kappa shape index (κ3) is 6.05. The average Bonchev–Trinajstić information content (AvgIpc) is 3.79. The first-order valence-corrected chi connectivity index (χ1v) is 24.4. The summed E-state index contributed by atoms with van der Waals surface area (Å²) in [6.07, 6.45) is 2.38. The Morgan fingerprint density at radius 1 is 0.594 bits per heavy atom. The van der Waals surface area contributed by atoms with Gasteiger partial charge in [-0.05, 0) is 140 Å². The SMILES string of the molecule is Cc1cc2c3c(c1)N(c1ccc(C(C)(C)C)c4oc5ccccc5c14)c1ccc(C(C)(C)C)cc1B3c1sc3cc4c(cc3c1N2c1ccc(C(C)(C)C)cc1)C(C)(C)CCC4(C)C. The van der Waals surface area contributed by atoms with E-state index in [-0.39, 0.29) is 33.8 Å². The van der Waals surface area contributed by atoms with Crippen LogP contribution >= 0.6 is 11.3 Å². The molecule has 324 valence electrons. The first kappa shape index (κ1) is 41.4. The lowest BCUT2D eigenvalue weighted by Crippen LogP contribution is -2.60. The van der Waals surface area contributed by atoms with Gasteiger partial charge in [-0.1, -0.05) is 139 Å². The van der Waals surface area contributed by atoms with E-state index in [1.54, 1.807) is 0 Å². The zero-order valence-corrected chi connectivity index (χ0v) is 41.3. The molecule has 0 fully saturated rings. The summed E-state index contributed by atoms with van der Waals surface area (Å²) >= 11 is 2.03. The number of para-hydroxylation sites is 1. The maximum absolute atomic E-state index is 6.91. The number of nitrogens with zero attached hydrogens (tertiary/aromatic N) is 2. The number of thiophene rings is 1. The Morgan fingerprint density at radius 2 is 1.20 bits per heavy atom. The minimum atomic E-state index is -0.107. The number of fused-ring (bicyclic) bond motifs is 10. The molecule has 1 aliphatic carbocycles. The maximum Gasteiger partial charge on any atom is 0.264 e. The first-order valence-electron chi connectivity index (χ1n) is 23.6. The van der Waals surface area contributed by atoms with Crippen LogP contribution in [0.25, 0.3) is 32.0 Å². The van der Waals surface area contributed by atoms with Crippen LogP contribution < -0.4 is 25.5 Å². The standard InChI is InChI=1S/C59H63BN2OS/c1-34-29-46-51-47(30-34)62(45-26-24-40(57(8,9)10)53-50(45)38-17-15-16-18-48(38)63-53)44-25-21-36(56(5,6)7)31-43(44)60(51)54-52(61(46)37-22-19-35(20-23-37)55(2,3)4)39-32-41-42(33-49(39)64-54)59(13,14)28-27-58(41,11)12/h15-26,29-33H,27-28H2,1-14H3. The second-order valence-corrected chi connectivity index (χ2v) is 24.9. The van der Waals surface area contributed by atoms with E-state index in [4.69, 9.17) is 4.42 Å². The molecule has 2 aliphatic heterocycles. The summed E-state index contributed by atoms with van der Waals surface area (Å²) in [7, 11) is 0. The van der Waals surface area contributed by atoms with Crippen LogP contribution in [-0.2, 0) is 27.1 Å². The highest BCUT2D eigenvalue weighted by Crippen LogP contribution is 2.54. The van der Waals surface area contributed by atoms with E-state index in [2.05, 4.69) is 210 Å². The highest BCUT2D eigenvalue weighted by Gasteiger charge is 2.47. The average molecular weight is 859 g/mol. The van der Waals surface area contributed by atoms with E-state index < -0.39 is 0 Å². The summed E-state index contributed by atoms with van der Waals surface area (Å²) in [5, 5.41) is 3.70. The third-order valence-electron chi connectivity index (χ3n) is 15.2. The fraction of sp³-hybridized carbons (Fsp3) is 0.356. The normalized spacial score (nSPS) is 16.6. The van der Waals surface area contributed by atoms with Crippen molar-refractivity contribution in [2.24, 2.45) is 0 Å². The molecule has 0 atom stereocenters. The van der Waals surface area contributed by atoms with Crippen molar-refractivity contribution in [3.8, 4) is 0 Å². The third-order valence-corrected chi connectivity index (χ3v) is 16.4. The van der Waals surface area contributed by atoms with Gasteiger partial charge < -0.3 is 14.2 Å². The van der Waals surface area contributed by atoms with E-state index in [0.29, 0.717) is 0 Å². The Labute approximate surface area is 385 Å². The quantitative estimate of drug-likeness (QED) is 0.162. The summed E-state index contributed by atoms with van der Waals surface area (Å²) in [5.74, 6) is 0. The summed E-state index contributed by atoms with van der Waals surface area (Å²) in [6.45, 7) is 33.1.